The molecule has 30 heavy (non-hydrogen) atoms. The number of ether oxygens (including phenoxy) is 3. The predicted molar refractivity (Wildman–Crippen MR) is 114 cm³/mol. The molecule has 0 aromatic heterocycles. The van der Waals surface area contributed by atoms with Gasteiger partial charge in [0, 0.05) is 11.1 Å². The maximum absolute atomic E-state index is 13.3. The van der Waals surface area contributed by atoms with Gasteiger partial charge in [-0.15, -0.1) is 0 Å². The lowest BCUT2D eigenvalue weighted by atomic mass is 10.0. The van der Waals surface area contributed by atoms with E-state index < -0.39 is 6.04 Å². The van der Waals surface area contributed by atoms with Crippen LogP contribution in [-0.4, -0.2) is 19.8 Å². The summed E-state index contributed by atoms with van der Waals surface area (Å²) in [5, 5.41) is 5.06. The van der Waals surface area contributed by atoms with Crippen molar-refractivity contribution in [3.05, 3.63) is 83.4 Å². The molecule has 154 valence electrons. The molecule has 1 atom stereocenters. The van der Waals surface area contributed by atoms with Crippen molar-refractivity contribution in [2.24, 2.45) is 0 Å². The van der Waals surface area contributed by atoms with Crippen molar-refractivity contribution < 1.29 is 24.3 Å². The number of carbonyl (C=O) groups is 1. The zero-order chi connectivity index (χ0) is 20.9. The molecule has 1 aliphatic rings. The minimum Gasteiger partial charge on any atom is -0.495 e. The number of nitrogens with two attached hydrogens (primary N) is 1. The summed E-state index contributed by atoms with van der Waals surface area (Å²) in [7, 11) is 1.60. The molecule has 3 N–H and O–H groups in total. The molecule has 0 spiro atoms. The summed E-state index contributed by atoms with van der Waals surface area (Å²) in [6.07, 6.45) is 0. The first-order valence-electron chi connectivity index (χ1n) is 9.86. The molecule has 1 aliphatic heterocycles. The van der Waals surface area contributed by atoms with Crippen LogP contribution in [0.25, 0.3) is 0 Å². The van der Waals surface area contributed by atoms with E-state index in [-0.39, 0.29) is 12.7 Å². The first-order valence-corrected chi connectivity index (χ1v) is 9.86. The molecule has 6 heteroatoms. The predicted octanol–water partition coefficient (Wildman–Crippen LogP) is 3.18. The second-order valence-corrected chi connectivity index (χ2v) is 7.21. The Labute approximate surface area is 175 Å². The largest absolute Gasteiger partial charge is 0.495 e. The maximum Gasteiger partial charge on any atom is 0.287 e. The van der Waals surface area contributed by atoms with E-state index in [0.29, 0.717) is 18.0 Å². The van der Waals surface area contributed by atoms with E-state index in [1.54, 1.807) is 7.11 Å². The fourth-order valence-corrected chi connectivity index (χ4v) is 3.51. The average Bonchev–Trinajstić information content (AvgIpc) is 3.23. The number of benzene rings is 3. The van der Waals surface area contributed by atoms with Crippen molar-refractivity contribution in [2.75, 3.05) is 19.2 Å². The Morgan fingerprint density at radius 3 is 2.67 bits per heavy atom. The van der Waals surface area contributed by atoms with E-state index in [1.165, 1.54) is 0 Å². The molecule has 6 nitrogen and oxygen atoms in total. The number of fused-ring (bicyclic) bond motifs is 1. The van der Waals surface area contributed by atoms with Crippen LogP contribution in [0.2, 0.25) is 0 Å². The molecule has 0 saturated carbocycles. The van der Waals surface area contributed by atoms with Gasteiger partial charge in [0.1, 0.15) is 12.3 Å². The number of hydrogen-bond donors (Lipinski definition) is 2. The van der Waals surface area contributed by atoms with Gasteiger partial charge in [-0.05, 0) is 42.8 Å². The van der Waals surface area contributed by atoms with Crippen LogP contribution in [0.15, 0.2) is 66.7 Å². The van der Waals surface area contributed by atoms with Crippen molar-refractivity contribution in [1.82, 2.24) is 0 Å². The number of aryl methyl sites for hydroxylation is 1. The van der Waals surface area contributed by atoms with Crippen LogP contribution in [-0.2, 0) is 11.3 Å². The van der Waals surface area contributed by atoms with E-state index >= 15 is 0 Å². The number of methoxy groups -OCH3 is 1. The second kappa shape index (κ2) is 8.88. The van der Waals surface area contributed by atoms with Crippen LogP contribution in [0.5, 0.6) is 17.2 Å². The van der Waals surface area contributed by atoms with Gasteiger partial charge in [-0.1, -0.05) is 36.4 Å². The first kappa shape index (κ1) is 19.8. The molecular weight excluding hydrogens is 380 g/mol. The molecule has 3 aromatic carbocycles. The molecule has 0 saturated heterocycles. The number of quaternary nitrogens is 1. The molecule has 0 fully saturated rings. The highest BCUT2D eigenvalue weighted by Gasteiger charge is 2.25. The molecule has 1 heterocycles. The number of hydrogen-bond acceptors (Lipinski definition) is 4. The van der Waals surface area contributed by atoms with Crippen LogP contribution in [0.4, 0.5) is 5.69 Å². The Bertz CT molecular complexity index is 1040. The third kappa shape index (κ3) is 4.39. The van der Waals surface area contributed by atoms with Gasteiger partial charge in [0.15, 0.2) is 17.5 Å². The highest BCUT2D eigenvalue weighted by molar-refractivity contribution is 5.95. The quantitative estimate of drug-likeness (QED) is 0.633. The van der Waals surface area contributed by atoms with Crippen LogP contribution in [0, 0.1) is 6.92 Å². The lowest BCUT2D eigenvalue weighted by Crippen LogP contribution is -2.85. The Morgan fingerprint density at radius 2 is 1.87 bits per heavy atom. The molecule has 0 unspecified atom stereocenters. The number of anilines is 1. The Hall–Kier alpha value is -3.51. The molecule has 0 radical (unpaired) electrons. The van der Waals surface area contributed by atoms with Crippen molar-refractivity contribution in [1.29, 1.82) is 0 Å². The molecule has 1 amide bonds. The number of amides is 1. The standard InChI is InChI=1S/C24H24N2O4/c1-16-8-10-20(28-2)19(12-16)26-24(27)23(18-6-4-3-5-7-18)25-14-17-9-11-21-22(13-17)30-15-29-21/h3-13,23,25H,14-15H2,1-2H3,(H,26,27)/p+1/t23-/m0/s1. The van der Waals surface area contributed by atoms with E-state index in [1.807, 2.05) is 79.0 Å². The zero-order valence-corrected chi connectivity index (χ0v) is 17.1. The first-order chi connectivity index (χ1) is 14.6. The molecular formula is C24H25N2O4+. The molecule has 3 aromatic rings. The van der Waals surface area contributed by atoms with Gasteiger partial charge in [0.05, 0.1) is 12.8 Å². The van der Waals surface area contributed by atoms with Gasteiger partial charge in [-0.25, -0.2) is 0 Å². The summed E-state index contributed by atoms with van der Waals surface area (Å²) in [4.78, 5) is 13.3. The number of nitrogens with one attached hydrogen (secondary N) is 1. The van der Waals surface area contributed by atoms with Crippen LogP contribution < -0.4 is 24.8 Å². The summed E-state index contributed by atoms with van der Waals surface area (Å²) in [6, 6.07) is 20.9. The molecule has 0 bridgehead atoms. The molecule has 4 rings (SSSR count). The number of rotatable bonds is 7. The van der Waals surface area contributed by atoms with E-state index in [2.05, 4.69) is 5.32 Å². The van der Waals surface area contributed by atoms with Crippen molar-refractivity contribution in [2.45, 2.75) is 19.5 Å². The smallest absolute Gasteiger partial charge is 0.287 e. The summed E-state index contributed by atoms with van der Waals surface area (Å²) in [5.41, 5.74) is 3.70. The maximum atomic E-state index is 13.3. The topological polar surface area (TPSA) is 73.4 Å². The Morgan fingerprint density at radius 1 is 1.07 bits per heavy atom. The minimum atomic E-state index is -0.415. The van der Waals surface area contributed by atoms with Crippen LogP contribution >= 0.6 is 0 Å². The van der Waals surface area contributed by atoms with Gasteiger partial charge in [0.2, 0.25) is 6.79 Å². The minimum absolute atomic E-state index is 0.106. The third-order valence-corrected chi connectivity index (χ3v) is 5.08. The van der Waals surface area contributed by atoms with Gasteiger partial charge in [-0.2, -0.15) is 0 Å². The second-order valence-electron chi connectivity index (χ2n) is 7.21. The third-order valence-electron chi connectivity index (χ3n) is 5.08. The van der Waals surface area contributed by atoms with Gasteiger partial charge < -0.3 is 24.8 Å². The molecule has 0 aliphatic carbocycles. The Kier molecular flexibility index (Phi) is 5.86. The van der Waals surface area contributed by atoms with Gasteiger partial charge in [0.25, 0.3) is 5.91 Å². The fourth-order valence-electron chi connectivity index (χ4n) is 3.51. The van der Waals surface area contributed by atoms with E-state index in [0.717, 1.165) is 28.2 Å². The summed E-state index contributed by atoms with van der Waals surface area (Å²) in [6.45, 7) is 2.85. The van der Waals surface area contributed by atoms with Gasteiger partial charge in [-0.3, -0.25) is 4.79 Å². The van der Waals surface area contributed by atoms with Crippen LogP contribution in [0.1, 0.15) is 22.7 Å². The zero-order valence-electron chi connectivity index (χ0n) is 17.1. The van der Waals surface area contributed by atoms with Gasteiger partial charge >= 0.3 is 0 Å². The highest BCUT2D eigenvalue weighted by atomic mass is 16.7. The van der Waals surface area contributed by atoms with E-state index in [4.69, 9.17) is 14.2 Å². The number of carbonyl (C=O) groups excluding carboxylic acids is 1. The lowest BCUT2D eigenvalue weighted by molar-refractivity contribution is -0.697. The SMILES string of the molecule is COc1ccc(C)cc1NC(=O)[C@@H]([NH2+]Cc1ccc2c(c1)OCO2)c1ccccc1. The summed E-state index contributed by atoms with van der Waals surface area (Å²) >= 11 is 0. The van der Waals surface area contributed by atoms with Crippen LogP contribution in [0.3, 0.4) is 0 Å². The fraction of sp³-hybridized carbons (Fsp3) is 0.208. The highest BCUT2D eigenvalue weighted by Crippen LogP contribution is 2.32. The Balaban J connectivity index is 1.54. The van der Waals surface area contributed by atoms with E-state index in [9.17, 15) is 4.79 Å². The summed E-state index contributed by atoms with van der Waals surface area (Å²) < 4.78 is 16.2. The van der Waals surface area contributed by atoms with Crippen molar-refractivity contribution in [3.8, 4) is 17.2 Å². The van der Waals surface area contributed by atoms with Crippen molar-refractivity contribution >= 4 is 11.6 Å². The lowest BCUT2D eigenvalue weighted by Gasteiger charge is -2.18. The normalized spacial score (nSPS) is 13.0. The average molecular weight is 405 g/mol. The summed E-state index contributed by atoms with van der Waals surface area (Å²) in [5.74, 6) is 2.02. The van der Waals surface area contributed by atoms with Crippen molar-refractivity contribution in [3.63, 3.8) is 0 Å². The monoisotopic (exact) mass is 405 g/mol.